The molecule has 0 saturated carbocycles. The molecular formula is C28H14Cl8N6. The van der Waals surface area contributed by atoms with Gasteiger partial charge in [-0.1, -0.05) is 92.8 Å². The molecule has 0 amide bonds. The number of hydrogen-bond donors (Lipinski definition) is 2. The van der Waals surface area contributed by atoms with E-state index < -0.39 is 0 Å². The topological polar surface area (TPSA) is 73.5 Å². The molecule has 2 aliphatic rings. The number of fused-ring (bicyclic) bond motifs is 2. The van der Waals surface area contributed by atoms with E-state index in [9.17, 15) is 0 Å². The van der Waals surface area contributed by atoms with Gasteiger partial charge < -0.3 is 10.6 Å². The Kier molecular flexibility index (Phi) is 8.53. The van der Waals surface area contributed by atoms with Crippen molar-refractivity contribution >= 4 is 133 Å². The van der Waals surface area contributed by atoms with Crippen molar-refractivity contribution in [3.63, 3.8) is 0 Å². The Labute approximate surface area is 280 Å². The minimum absolute atomic E-state index is 0.195. The molecule has 6 rings (SSSR count). The summed E-state index contributed by atoms with van der Waals surface area (Å²) < 4.78 is 0. The maximum atomic E-state index is 6.44. The van der Waals surface area contributed by atoms with Crippen LogP contribution in [0, 0.1) is 0 Å². The average Bonchev–Trinajstić information content (AvgIpc) is 3.62. The van der Waals surface area contributed by atoms with E-state index >= 15 is 0 Å². The normalized spacial score (nSPS) is 15.8. The molecule has 42 heavy (non-hydrogen) atoms. The van der Waals surface area contributed by atoms with Gasteiger partial charge in [-0.15, -0.1) is 0 Å². The third-order valence-electron chi connectivity index (χ3n) is 6.50. The molecule has 0 aromatic heterocycles. The summed E-state index contributed by atoms with van der Waals surface area (Å²) in [5.41, 5.74) is 5.47. The zero-order valence-corrected chi connectivity index (χ0v) is 26.9. The second kappa shape index (κ2) is 12.0. The summed E-state index contributed by atoms with van der Waals surface area (Å²) in [5, 5.41) is 17.2. The molecule has 4 aromatic rings. The third-order valence-corrected chi connectivity index (χ3v) is 10.2. The molecule has 0 fully saturated rings. The fourth-order valence-electron chi connectivity index (χ4n) is 4.43. The van der Waals surface area contributed by atoms with Gasteiger partial charge in [-0.2, -0.15) is 10.2 Å². The maximum Gasteiger partial charge on any atom is 0.136 e. The van der Waals surface area contributed by atoms with Crippen molar-refractivity contribution in [2.45, 2.75) is 13.0 Å². The monoisotopic (exact) mass is 714 g/mol. The molecule has 2 heterocycles. The van der Waals surface area contributed by atoms with Gasteiger partial charge in [0.25, 0.3) is 0 Å². The lowest BCUT2D eigenvalue weighted by Crippen LogP contribution is -2.14. The molecule has 0 spiro atoms. The molecule has 0 bridgehead atoms. The van der Waals surface area contributed by atoms with Gasteiger partial charge >= 0.3 is 0 Å². The molecule has 0 unspecified atom stereocenters. The van der Waals surface area contributed by atoms with Crippen molar-refractivity contribution in [1.29, 1.82) is 0 Å². The zero-order valence-electron chi connectivity index (χ0n) is 20.8. The number of rotatable bonds is 4. The van der Waals surface area contributed by atoms with Gasteiger partial charge in [0.15, 0.2) is 0 Å². The lowest BCUT2D eigenvalue weighted by molar-refractivity contribution is 0.962. The summed E-state index contributed by atoms with van der Waals surface area (Å²) in [5.74, 6) is 1.22. The van der Waals surface area contributed by atoms with Crippen LogP contribution >= 0.6 is 92.8 Å². The highest BCUT2D eigenvalue weighted by atomic mass is 35.5. The molecule has 14 heteroatoms. The van der Waals surface area contributed by atoms with Crippen molar-refractivity contribution in [3.8, 4) is 0 Å². The summed E-state index contributed by atoms with van der Waals surface area (Å²) >= 11 is 50.3. The molecule has 6 nitrogen and oxygen atoms in total. The highest BCUT2D eigenvalue weighted by Gasteiger charge is 2.29. The first-order valence-corrected chi connectivity index (χ1v) is 15.1. The van der Waals surface area contributed by atoms with Crippen LogP contribution in [0.15, 0.2) is 68.7 Å². The largest absolute Gasteiger partial charge is 0.365 e. The van der Waals surface area contributed by atoms with Gasteiger partial charge in [-0.05, 0) is 48.5 Å². The van der Waals surface area contributed by atoms with Crippen LogP contribution in [0.2, 0.25) is 40.2 Å². The van der Waals surface area contributed by atoms with Crippen LogP contribution in [0.4, 0.5) is 28.4 Å². The van der Waals surface area contributed by atoms with E-state index in [1.165, 1.54) is 0 Å². The van der Waals surface area contributed by atoms with Gasteiger partial charge in [-0.3, -0.25) is 0 Å². The molecular weight excluding hydrogens is 704 g/mol. The van der Waals surface area contributed by atoms with Gasteiger partial charge in [0, 0.05) is 29.7 Å². The van der Waals surface area contributed by atoms with E-state index in [1.807, 2.05) is 36.4 Å². The predicted molar refractivity (Wildman–Crippen MR) is 177 cm³/mol. The van der Waals surface area contributed by atoms with Crippen molar-refractivity contribution in [2.24, 2.45) is 20.2 Å². The number of aliphatic imine (C=N–C) groups is 2. The lowest BCUT2D eigenvalue weighted by Gasteiger charge is -2.09. The summed E-state index contributed by atoms with van der Waals surface area (Å²) in [7, 11) is 0. The van der Waals surface area contributed by atoms with Gasteiger partial charge in [0.05, 0.1) is 68.6 Å². The van der Waals surface area contributed by atoms with Crippen LogP contribution < -0.4 is 10.6 Å². The van der Waals surface area contributed by atoms with Gasteiger partial charge in [0.2, 0.25) is 0 Å². The molecule has 0 aliphatic carbocycles. The number of nitrogens with one attached hydrogen (secondary N) is 2. The number of anilines is 1. The fourth-order valence-corrected chi connectivity index (χ4v) is 6.48. The van der Waals surface area contributed by atoms with E-state index in [2.05, 4.69) is 30.8 Å². The quantitative estimate of drug-likeness (QED) is 0.125. The Hall–Kier alpha value is -2.26. The van der Waals surface area contributed by atoms with E-state index in [4.69, 9.17) is 92.8 Å². The van der Waals surface area contributed by atoms with Crippen LogP contribution in [0.3, 0.4) is 0 Å². The smallest absolute Gasteiger partial charge is 0.136 e. The Morgan fingerprint density at radius 1 is 0.500 bits per heavy atom. The molecule has 0 atom stereocenters. The predicted octanol–water partition coefficient (Wildman–Crippen LogP) is 12.2. The average molecular weight is 718 g/mol. The summed E-state index contributed by atoms with van der Waals surface area (Å²) in [6.07, 6.45) is 0.444. The Morgan fingerprint density at radius 2 is 0.976 bits per heavy atom. The van der Waals surface area contributed by atoms with Crippen LogP contribution in [-0.2, 0) is 13.0 Å². The molecule has 4 aromatic carbocycles. The molecule has 0 radical (unpaired) electrons. The van der Waals surface area contributed by atoms with Gasteiger partial charge in [-0.25, -0.2) is 9.98 Å². The van der Waals surface area contributed by atoms with Crippen molar-refractivity contribution in [3.05, 3.63) is 105 Å². The van der Waals surface area contributed by atoms with Crippen LogP contribution in [0.5, 0.6) is 0 Å². The van der Waals surface area contributed by atoms with E-state index in [0.717, 1.165) is 11.1 Å². The SMILES string of the molecule is Clc1c(Cl)c(Cl)c2c(c1Cl)C/C(=N/c1ccc(/N=N/c3ccc(/N=C4\NCc5c(Cl)c(Cl)c(Cl)c(Cl)c54)cc3)cc1)N2. The van der Waals surface area contributed by atoms with E-state index in [0.29, 0.717) is 78.7 Å². The lowest BCUT2D eigenvalue weighted by atomic mass is 10.1. The van der Waals surface area contributed by atoms with E-state index in [1.54, 1.807) is 12.1 Å². The number of nitrogens with zero attached hydrogens (tertiary/aromatic N) is 4. The van der Waals surface area contributed by atoms with Crippen LogP contribution in [0.1, 0.15) is 16.7 Å². The first-order valence-electron chi connectivity index (χ1n) is 12.1. The summed E-state index contributed by atoms with van der Waals surface area (Å²) in [6, 6.07) is 14.5. The molecule has 2 aliphatic heterocycles. The Balaban J connectivity index is 1.14. The highest BCUT2D eigenvalue weighted by Crippen LogP contribution is 2.47. The van der Waals surface area contributed by atoms with Crippen LogP contribution in [0.25, 0.3) is 0 Å². The Morgan fingerprint density at radius 3 is 1.57 bits per heavy atom. The third kappa shape index (κ3) is 5.56. The van der Waals surface area contributed by atoms with Crippen molar-refractivity contribution in [1.82, 2.24) is 5.32 Å². The number of benzene rings is 4. The zero-order chi connectivity index (χ0) is 29.7. The fraction of sp³-hybridized carbons (Fsp3) is 0.0714. The molecule has 2 N–H and O–H groups in total. The first kappa shape index (κ1) is 29.8. The minimum atomic E-state index is 0.195. The number of amidine groups is 2. The first-order chi connectivity index (χ1) is 20.1. The number of hydrogen-bond acceptors (Lipinski definition) is 4. The highest BCUT2D eigenvalue weighted by molar-refractivity contribution is 6.54. The summed E-state index contributed by atoms with van der Waals surface area (Å²) in [4.78, 5) is 9.30. The van der Waals surface area contributed by atoms with E-state index in [-0.39, 0.29) is 20.1 Å². The molecule has 212 valence electrons. The van der Waals surface area contributed by atoms with Crippen molar-refractivity contribution in [2.75, 3.05) is 5.32 Å². The van der Waals surface area contributed by atoms with Gasteiger partial charge in [0.1, 0.15) is 11.7 Å². The second-order valence-electron chi connectivity index (χ2n) is 9.13. The Bertz CT molecular complexity index is 1810. The van der Waals surface area contributed by atoms with Crippen LogP contribution in [-0.4, -0.2) is 11.7 Å². The maximum absolute atomic E-state index is 6.44. The number of halogens is 8. The standard InChI is InChI=1S/C28H14Cl8N6/c29-19-15-9-17(40-27(15)26(36)25(35)22(19)32)38-11-1-5-13(6-2-11)41-42-14-7-3-12(4-8-14)39-28-18-16(10-37-28)20(30)23(33)24(34)21(18)31/h1-8H,9-10H2,(H,37,39)(H,38,40)/b42-41+. The van der Waals surface area contributed by atoms with Crippen molar-refractivity contribution < 1.29 is 0 Å². The molecule has 0 saturated heterocycles. The second-order valence-corrected chi connectivity index (χ2v) is 12.1. The number of azo groups is 1. The summed E-state index contributed by atoms with van der Waals surface area (Å²) in [6.45, 7) is 0.442. The minimum Gasteiger partial charge on any atom is -0.365 e.